The molecule has 0 radical (unpaired) electrons. The van der Waals surface area contributed by atoms with Gasteiger partial charge in [0.15, 0.2) is 16.1 Å². The van der Waals surface area contributed by atoms with Gasteiger partial charge in [0.2, 0.25) is 5.88 Å². The molecule has 96 valence electrons. The Morgan fingerprint density at radius 1 is 1.11 bits per heavy atom. The first kappa shape index (κ1) is 12.0. The summed E-state index contributed by atoms with van der Waals surface area (Å²) in [6, 6.07) is 11.6. The second-order valence-electron chi connectivity index (χ2n) is 4.24. The first-order valence-electron chi connectivity index (χ1n) is 5.73. The Balaban J connectivity index is 2.16. The average Bonchev–Trinajstić information content (AvgIpc) is 2.97. The Bertz CT molecular complexity index is 713. The summed E-state index contributed by atoms with van der Waals surface area (Å²) < 4.78 is 11.2. The van der Waals surface area contributed by atoms with Gasteiger partial charge in [0, 0.05) is 0 Å². The lowest BCUT2D eigenvalue weighted by atomic mass is 10.0. The van der Waals surface area contributed by atoms with Crippen LogP contribution in [0.25, 0.3) is 22.6 Å². The fourth-order valence-electron chi connectivity index (χ4n) is 1.91. The molecule has 0 spiro atoms. The summed E-state index contributed by atoms with van der Waals surface area (Å²) in [4.78, 5) is 0. The SMILES string of the molecule is Cc1ccc(-c2c(-c3ccc(Br)o3)noc2N)cc1. The number of halogens is 1. The third-order valence-corrected chi connectivity index (χ3v) is 3.29. The maximum Gasteiger partial charge on any atom is 0.230 e. The molecule has 0 unspecified atom stereocenters. The maximum atomic E-state index is 5.87. The third kappa shape index (κ3) is 2.17. The van der Waals surface area contributed by atoms with Gasteiger partial charge < -0.3 is 14.7 Å². The van der Waals surface area contributed by atoms with Crippen LogP contribution in [0.3, 0.4) is 0 Å². The molecule has 2 heterocycles. The summed E-state index contributed by atoms with van der Waals surface area (Å²) in [5, 5.41) is 3.98. The van der Waals surface area contributed by atoms with Crippen LogP contribution in [0.2, 0.25) is 0 Å². The smallest absolute Gasteiger partial charge is 0.230 e. The Morgan fingerprint density at radius 2 is 1.84 bits per heavy atom. The first-order valence-corrected chi connectivity index (χ1v) is 6.52. The number of nitrogen functional groups attached to an aromatic ring is 1. The minimum Gasteiger partial charge on any atom is -0.448 e. The molecule has 3 aromatic rings. The molecule has 1 aromatic carbocycles. The molecular weight excluding hydrogens is 308 g/mol. The van der Waals surface area contributed by atoms with Crippen LogP contribution in [-0.2, 0) is 0 Å². The Morgan fingerprint density at radius 3 is 2.47 bits per heavy atom. The van der Waals surface area contributed by atoms with E-state index in [1.165, 1.54) is 5.56 Å². The number of hydrogen-bond donors (Lipinski definition) is 1. The first-order chi connectivity index (χ1) is 9.15. The van der Waals surface area contributed by atoms with E-state index in [-0.39, 0.29) is 5.88 Å². The highest BCUT2D eigenvalue weighted by molar-refractivity contribution is 9.10. The van der Waals surface area contributed by atoms with E-state index in [1.807, 2.05) is 37.3 Å². The summed E-state index contributed by atoms with van der Waals surface area (Å²) in [5.41, 5.74) is 9.36. The molecule has 0 aliphatic carbocycles. The van der Waals surface area contributed by atoms with E-state index in [2.05, 4.69) is 21.1 Å². The Hall–Kier alpha value is -2.01. The van der Waals surface area contributed by atoms with E-state index in [0.29, 0.717) is 16.1 Å². The van der Waals surface area contributed by atoms with Crippen molar-refractivity contribution in [1.29, 1.82) is 0 Å². The van der Waals surface area contributed by atoms with Crippen molar-refractivity contribution in [3.8, 4) is 22.6 Å². The molecule has 2 aromatic heterocycles. The van der Waals surface area contributed by atoms with Gasteiger partial charge in [-0.15, -0.1) is 0 Å². The van der Waals surface area contributed by atoms with Gasteiger partial charge in [0.05, 0.1) is 5.56 Å². The highest BCUT2D eigenvalue weighted by atomic mass is 79.9. The normalized spacial score (nSPS) is 10.8. The lowest BCUT2D eigenvalue weighted by molar-refractivity contribution is 0.435. The average molecular weight is 319 g/mol. The van der Waals surface area contributed by atoms with Crippen molar-refractivity contribution in [2.24, 2.45) is 0 Å². The zero-order valence-electron chi connectivity index (χ0n) is 10.2. The van der Waals surface area contributed by atoms with Crippen LogP contribution in [0.4, 0.5) is 5.88 Å². The van der Waals surface area contributed by atoms with Crippen molar-refractivity contribution in [1.82, 2.24) is 5.16 Å². The summed E-state index contributed by atoms with van der Waals surface area (Å²) in [7, 11) is 0. The minimum absolute atomic E-state index is 0.284. The molecule has 0 saturated carbocycles. The topological polar surface area (TPSA) is 65.2 Å². The standard InChI is InChI=1S/C14H11BrN2O2/c1-8-2-4-9(5-3-8)12-13(17-19-14(12)16)10-6-7-11(15)18-10/h2-7H,16H2,1H3. The second kappa shape index (κ2) is 4.59. The van der Waals surface area contributed by atoms with Gasteiger partial charge in [-0.25, -0.2) is 0 Å². The van der Waals surface area contributed by atoms with Crippen molar-refractivity contribution in [2.45, 2.75) is 6.92 Å². The Labute approximate surface area is 118 Å². The zero-order valence-corrected chi connectivity index (χ0v) is 11.8. The number of rotatable bonds is 2. The Kier molecular flexibility index (Phi) is 2.91. The van der Waals surface area contributed by atoms with Crippen LogP contribution < -0.4 is 5.73 Å². The molecule has 0 aliphatic rings. The third-order valence-electron chi connectivity index (χ3n) is 2.87. The molecule has 0 aliphatic heterocycles. The molecule has 4 nitrogen and oxygen atoms in total. The predicted octanol–water partition coefficient (Wildman–Crippen LogP) is 4.25. The molecule has 19 heavy (non-hydrogen) atoms. The number of nitrogens with two attached hydrogens (primary N) is 1. The number of furan rings is 1. The molecule has 0 saturated heterocycles. The summed E-state index contributed by atoms with van der Waals surface area (Å²) in [5.74, 6) is 0.897. The van der Waals surface area contributed by atoms with E-state index in [4.69, 9.17) is 14.7 Å². The van der Waals surface area contributed by atoms with Crippen molar-refractivity contribution in [3.63, 3.8) is 0 Å². The highest BCUT2D eigenvalue weighted by Crippen LogP contribution is 2.37. The van der Waals surface area contributed by atoms with E-state index < -0.39 is 0 Å². The lowest BCUT2D eigenvalue weighted by Crippen LogP contribution is -1.87. The van der Waals surface area contributed by atoms with Crippen LogP contribution in [0.1, 0.15) is 5.56 Å². The van der Waals surface area contributed by atoms with Crippen LogP contribution >= 0.6 is 15.9 Å². The van der Waals surface area contributed by atoms with Gasteiger partial charge in [0.1, 0.15) is 0 Å². The molecule has 3 rings (SSSR count). The number of aromatic nitrogens is 1. The molecule has 2 N–H and O–H groups in total. The summed E-state index contributed by atoms with van der Waals surface area (Å²) in [6.45, 7) is 2.03. The maximum absolute atomic E-state index is 5.87. The highest BCUT2D eigenvalue weighted by Gasteiger charge is 2.19. The monoisotopic (exact) mass is 318 g/mol. The number of nitrogens with zero attached hydrogens (tertiary/aromatic N) is 1. The zero-order chi connectivity index (χ0) is 13.4. The van der Waals surface area contributed by atoms with Gasteiger partial charge in [0.25, 0.3) is 0 Å². The quantitative estimate of drug-likeness (QED) is 0.766. The van der Waals surface area contributed by atoms with Crippen molar-refractivity contribution < 1.29 is 8.94 Å². The molecular formula is C14H11BrN2O2. The van der Waals surface area contributed by atoms with Crippen molar-refractivity contribution >= 4 is 21.8 Å². The van der Waals surface area contributed by atoms with Crippen LogP contribution in [-0.4, -0.2) is 5.16 Å². The lowest BCUT2D eigenvalue weighted by Gasteiger charge is -2.01. The van der Waals surface area contributed by atoms with Gasteiger partial charge >= 0.3 is 0 Å². The fourth-order valence-corrected chi connectivity index (χ4v) is 2.22. The van der Waals surface area contributed by atoms with Crippen molar-refractivity contribution in [2.75, 3.05) is 5.73 Å². The second-order valence-corrected chi connectivity index (χ2v) is 5.02. The van der Waals surface area contributed by atoms with Crippen molar-refractivity contribution in [3.05, 3.63) is 46.6 Å². The molecule has 0 atom stereocenters. The van der Waals surface area contributed by atoms with E-state index in [9.17, 15) is 0 Å². The van der Waals surface area contributed by atoms with Gasteiger partial charge in [-0.05, 0) is 40.5 Å². The fraction of sp³-hybridized carbons (Fsp3) is 0.0714. The minimum atomic E-state index is 0.284. The summed E-state index contributed by atoms with van der Waals surface area (Å²) in [6.07, 6.45) is 0. The number of aryl methyl sites for hydroxylation is 1. The largest absolute Gasteiger partial charge is 0.448 e. The van der Waals surface area contributed by atoms with E-state index in [1.54, 1.807) is 6.07 Å². The molecule has 0 amide bonds. The van der Waals surface area contributed by atoms with E-state index >= 15 is 0 Å². The predicted molar refractivity (Wildman–Crippen MR) is 76.5 cm³/mol. The van der Waals surface area contributed by atoms with Gasteiger partial charge in [-0.2, -0.15) is 0 Å². The molecule has 0 bridgehead atoms. The molecule has 0 fully saturated rings. The van der Waals surface area contributed by atoms with Crippen LogP contribution in [0, 0.1) is 6.92 Å². The van der Waals surface area contributed by atoms with E-state index in [0.717, 1.165) is 11.1 Å². The number of anilines is 1. The number of hydrogen-bond acceptors (Lipinski definition) is 4. The van der Waals surface area contributed by atoms with Gasteiger partial charge in [-0.3, -0.25) is 0 Å². The molecule has 5 heteroatoms. The van der Waals surface area contributed by atoms with Gasteiger partial charge in [-0.1, -0.05) is 35.0 Å². The van der Waals surface area contributed by atoms with Crippen LogP contribution in [0.15, 0.2) is 50.0 Å². The van der Waals surface area contributed by atoms with Crippen LogP contribution in [0.5, 0.6) is 0 Å². The number of benzene rings is 1. The summed E-state index contributed by atoms with van der Waals surface area (Å²) >= 11 is 3.27.